The van der Waals surface area contributed by atoms with Gasteiger partial charge in [0.15, 0.2) is 0 Å². The summed E-state index contributed by atoms with van der Waals surface area (Å²) in [4.78, 5) is 0. The van der Waals surface area contributed by atoms with Crippen molar-refractivity contribution in [2.24, 2.45) is 5.84 Å². The molecule has 1 atom stereocenters. The lowest BCUT2D eigenvalue weighted by Crippen LogP contribution is -2.28. The maximum absolute atomic E-state index is 5.71. The van der Waals surface area contributed by atoms with E-state index < -0.39 is 0 Å². The molecule has 1 aromatic heterocycles. The molecule has 0 saturated heterocycles. The number of nitrogens with one attached hydrogen (secondary N) is 1. The van der Waals surface area contributed by atoms with Crippen molar-refractivity contribution in [2.75, 3.05) is 0 Å². The van der Waals surface area contributed by atoms with Crippen LogP contribution in [0, 0.1) is 0 Å². The lowest BCUT2D eigenvalue weighted by Gasteiger charge is -2.17. The van der Waals surface area contributed by atoms with Crippen LogP contribution >= 0.6 is 27.3 Å². The molecule has 0 saturated carbocycles. The van der Waals surface area contributed by atoms with E-state index in [2.05, 4.69) is 50.3 Å². The van der Waals surface area contributed by atoms with Crippen molar-refractivity contribution >= 4 is 27.3 Å². The van der Waals surface area contributed by atoms with Crippen LogP contribution in [0.25, 0.3) is 0 Å². The summed E-state index contributed by atoms with van der Waals surface area (Å²) in [6.45, 7) is 1.42. The van der Waals surface area contributed by atoms with Crippen LogP contribution in [0.4, 0.5) is 0 Å². The van der Waals surface area contributed by atoms with Crippen LogP contribution in [-0.4, -0.2) is 0 Å². The third-order valence-electron chi connectivity index (χ3n) is 3.20. The second-order valence-electron chi connectivity index (χ2n) is 4.30. The first kappa shape index (κ1) is 12.3. The van der Waals surface area contributed by atoms with Crippen LogP contribution in [-0.2, 0) is 18.0 Å². The number of ether oxygens (including phenoxy) is 1. The number of hydrazine groups is 1. The zero-order valence-electron chi connectivity index (χ0n) is 9.65. The largest absolute Gasteiger partial charge is 0.372 e. The first-order valence-electron chi connectivity index (χ1n) is 5.66. The predicted molar refractivity (Wildman–Crippen MR) is 76.1 cm³/mol. The number of nitrogens with two attached hydrogens (primary N) is 1. The summed E-state index contributed by atoms with van der Waals surface area (Å²) < 4.78 is 6.53. The second kappa shape index (κ2) is 5.11. The van der Waals surface area contributed by atoms with Gasteiger partial charge in [-0.2, -0.15) is 11.3 Å². The molecule has 0 spiro atoms. The quantitative estimate of drug-likeness (QED) is 0.673. The molecule has 1 aromatic carbocycles. The van der Waals surface area contributed by atoms with E-state index in [4.69, 9.17) is 10.6 Å². The molecule has 0 aliphatic carbocycles. The molecule has 1 aliphatic heterocycles. The Balaban J connectivity index is 2.00. The molecule has 0 bridgehead atoms. The van der Waals surface area contributed by atoms with E-state index in [1.165, 1.54) is 22.3 Å². The van der Waals surface area contributed by atoms with Crippen molar-refractivity contribution in [3.63, 3.8) is 0 Å². The minimum Gasteiger partial charge on any atom is -0.372 e. The molecule has 1 aliphatic rings. The lowest BCUT2D eigenvalue weighted by atomic mass is 9.98. The Labute approximate surface area is 118 Å². The second-order valence-corrected chi connectivity index (χ2v) is 5.89. The lowest BCUT2D eigenvalue weighted by molar-refractivity contribution is 0.134. The molecule has 0 fully saturated rings. The van der Waals surface area contributed by atoms with Crippen molar-refractivity contribution in [1.29, 1.82) is 0 Å². The molecule has 5 heteroatoms. The highest BCUT2D eigenvalue weighted by atomic mass is 79.9. The zero-order valence-corrected chi connectivity index (χ0v) is 12.1. The predicted octanol–water partition coefficient (Wildman–Crippen LogP) is 3.09. The van der Waals surface area contributed by atoms with Gasteiger partial charge in [-0.1, -0.05) is 18.2 Å². The Morgan fingerprint density at radius 1 is 1.28 bits per heavy atom. The molecule has 18 heavy (non-hydrogen) atoms. The molecule has 3 N–H and O–H groups in total. The number of hydrogen-bond acceptors (Lipinski definition) is 4. The van der Waals surface area contributed by atoms with Gasteiger partial charge in [-0.25, -0.2) is 5.43 Å². The van der Waals surface area contributed by atoms with Gasteiger partial charge in [-0.3, -0.25) is 5.84 Å². The van der Waals surface area contributed by atoms with Gasteiger partial charge in [0, 0.05) is 9.85 Å². The van der Waals surface area contributed by atoms with Crippen LogP contribution in [0.1, 0.15) is 28.3 Å². The van der Waals surface area contributed by atoms with E-state index in [1.807, 2.05) is 0 Å². The minimum absolute atomic E-state index is 0.0107. The summed E-state index contributed by atoms with van der Waals surface area (Å²) in [5.74, 6) is 5.71. The Morgan fingerprint density at radius 2 is 2.11 bits per heavy atom. The fourth-order valence-electron chi connectivity index (χ4n) is 2.23. The van der Waals surface area contributed by atoms with Crippen LogP contribution < -0.4 is 11.3 Å². The van der Waals surface area contributed by atoms with Gasteiger partial charge in [-0.15, -0.1) is 0 Å². The third kappa shape index (κ3) is 2.13. The molecular weight excluding hydrogens is 312 g/mol. The smallest absolute Gasteiger partial charge is 0.0729 e. The molecule has 0 amide bonds. The molecule has 0 radical (unpaired) electrons. The van der Waals surface area contributed by atoms with Crippen molar-refractivity contribution in [3.05, 3.63) is 55.7 Å². The van der Waals surface area contributed by atoms with E-state index in [9.17, 15) is 0 Å². The molecule has 2 heterocycles. The maximum Gasteiger partial charge on any atom is 0.0729 e. The number of hydrogen-bond donors (Lipinski definition) is 2. The van der Waals surface area contributed by atoms with E-state index in [0.717, 1.165) is 11.1 Å². The van der Waals surface area contributed by atoms with Crippen LogP contribution in [0.2, 0.25) is 0 Å². The summed E-state index contributed by atoms with van der Waals surface area (Å²) in [5.41, 5.74) is 7.76. The van der Waals surface area contributed by atoms with Crippen LogP contribution in [0.5, 0.6) is 0 Å². The van der Waals surface area contributed by atoms with Gasteiger partial charge in [-0.05, 0) is 43.6 Å². The van der Waals surface area contributed by atoms with E-state index >= 15 is 0 Å². The first-order chi connectivity index (χ1) is 8.79. The monoisotopic (exact) mass is 324 g/mol. The Hall–Kier alpha value is -0.720. The molecular formula is C13H13BrN2OS. The van der Waals surface area contributed by atoms with Gasteiger partial charge >= 0.3 is 0 Å². The molecule has 3 rings (SSSR count). The van der Waals surface area contributed by atoms with Gasteiger partial charge in [0.25, 0.3) is 0 Å². The Bertz CT molecular complexity index is 570. The standard InChI is InChI=1S/C13H13BrN2OS/c14-12-7-18-6-11(12)13(16-15)8-1-2-9-4-17-5-10(9)3-8/h1-3,6-7,13,16H,4-5,15H2. The van der Waals surface area contributed by atoms with Crippen molar-refractivity contribution in [3.8, 4) is 0 Å². The fourth-order valence-corrected chi connectivity index (χ4v) is 3.79. The van der Waals surface area contributed by atoms with Crippen molar-refractivity contribution in [2.45, 2.75) is 19.3 Å². The first-order valence-corrected chi connectivity index (χ1v) is 7.40. The molecule has 94 valence electrons. The molecule has 3 nitrogen and oxygen atoms in total. The van der Waals surface area contributed by atoms with Gasteiger partial charge in [0.05, 0.1) is 19.3 Å². The van der Waals surface area contributed by atoms with Crippen LogP contribution in [0.15, 0.2) is 33.4 Å². The molecule has 1 unspecified atom stereocenters. The Morgan fingerprint density at radius 3 is 2.83 bits per heavy atom. The summed E-state index contributed by atoms with van der Waals surface area (Å²) in [7, 11) is 0. The average molecular weight is 325 g/mol. The topological polar surface area (TPSA) is 47.3 Å². The Kier molecular flexibility index (Phi) is 3.50. The summed E-state index contributed by atoms with van der Waals surface area (Å²) in [6.07, 6.45) is 0. The number of benzene rings is 1. The fraction of sp³-hybridized carbons (Fsp3) is 0.231. The van der Waals surface area contributed by atoms with Crippen LogP contribution in [0.3, 0.4) is 0 Å². The van der Waals surface area contributed by atoms with Crippen molar-refractivity contribution in [1.82, 2.24) is 5.43 Å². The van der Waals surface area contributed by atoms with E-state index in [-0.39, 0.29) is 6.04 Å². The summed E-state index contributed by atoms with van der Waals surface area (Å²) in [6, 6.07) is 6.43. The van der Waals surface area contributed by atoms with E-state index in [0.29, 0.717) is 6.61 Å². The third-order valence-corrected chi connectivity index (χ3v) is 4.95. The van der Waals surface area contributed by atoms with E-state index in [1.54, 1.807) is 11.3 Å². The minimum atomic E-state index is 0.0107. The number of thiophene rings is 1. The number of rotatable bonds is 3. The van der Waals surface area contributed by atoms with Crippen molar-refractivity contribution < 1.29 is 4.74 Å². The highest BCUT2D eigenvalue weighted by molar-refractivity contribution is 9.10. The average Bonchev–Trinajstić information content (AvgIpc) is 2.99. The number of halogens is 1. The number of fused-ring (bicyclic) bond motifs is 1. The SMILES string of the molecule is NNC(c1ccc2c(c1)COC2)c1cscc1Br. The highest BCUT2D eigenvalue weighted by Gasteiger charge is 2.19. The highest BCUT2D eigenvalue weighted by Crippen LogP contribution is 2.32. The summed E-state index contributed by atoms with van der Waals surface area (Å²) in [5, 5.41) is 4.18. The normalized spacial score (nSPS) is 15.7. The molecule has 2 aromatic rings. The summed E-state index contributed by atoms with van der Waals surface area (Å²) >= 11 is 5.22. The zero-order chi connectivity index (χ0) is 12.5. The van der Waals surface area contributed by atoms with Gasteiger partial charge in [0.1, 0.15) is 0 Å². The van der Waals surface area contributed by atoms with Gasteiger partial charge < -0.3 is 4.74 Å². The van der Waals surface area contributed by atoms with Gasteiger partial charge in [0.2, 0.25) is 0 Å². The maximum atomic E-state index is 5.71.